The van der Waals surface area contributed by atoms with E-state index in [-0.39, 0.29) is 16.8 Å². The summed E-state index contributed by atoms with van der Waals surface area (Å²) in [6.07, 6.45) is 3.60. The maximum Gasteiger partial charge on any atom is 0.234 e. The van der Waals surface area contributed by atoms with Crippen molar-refractivity contribution >= 4 is 21.8 Å². The first kappa shape index (κ1) is 13.8. The molecule has 0 aliphatic carbocycles. The van der Waals surface area contributed by atoms with E-state index in [1.807, 2.05) is 48.1 Å². The minimum atomic E-state index is -0.242. The summed E-state index contributed by atoms with van der Waals surface area (Å²) in [6.45, 7) is 1.80. The Morgan fingerprint density at radius 2 is 2.05 bits per heavy atom. The average molecular weight is 322 g/mol. The summed E-state index contributed by atoms with van der Waals surface area (Å²) in [5.74, 6) is 0.754. The molecule has 0 spiro atoms. The molecule has 2 unspecified atom stereocenters. The molecular formula is C14H16BrN3O. The quantitative estimate of drug-likeness (QED) is 0.879. The van der Waals surface area contributed by atoms with Crippen molar-refractivity contribution in [3.63, 3.8) is 0 Å². The number of imidazole rings is 1. The second-order valence-corrected chi connectivity index (χ2v) is 5.74. The normalized spacial score (nSPS) is 13.8. The summed E-state index contributed by atoms with van der Waals surface area (Å²) in [5.41, 5.74) is 1.01. The average Bonchev–Trinajstić information content (AvgIpc) is 2.82. The van der Waals surface area contributed by atoms with Crippen LogP contribution in [0.2, 0.25) is 0 Å². The van der Waals surface area contributed by atoms with Crippen LogP contribution >= 0.6 is 15.9 Å². The smallest absolute Gasteiger partial charge is 0.234 e. The number of benzene rings is 1. The third kappa shape index (κ3) is 3.23. The van der Waals surface area contributed by atoms with Gasteiger partial charge in [0.25, 0.3) is 0 Å². The van der Waals surface area contributed by atoms with Crippen LogP contribution in [0.3, 0.4) is 0 Å². The molecule has 1 amide bonds. The predicted octanol–water partition coefficient (Wildman–Crippen LogP) is 2.41. The molecule has 1 N–H and O–H groups in total. The largest absolute Gasteiger partial charge is 0.341 e. The number of aryl methyl sites for hydroxylation is 1. The van der Waals surface area contributed by atoms with Crippen molar-refractivity contribution in [2.24, 2.45) is 7.05 Å². The predicted molar refractivity (Wildman–Crippen MR) is 78.0 cm³/mol. The van der Waals surface area contributed by atoms with Gasteiger partial charge in [-0.15, -0.1) is 0 Å². The van der Waals surface area contributed by atoms with Gasteiger partial charge in [0.1, 0.15) is 11.9 Å². The van der Waals surface area contributed by atoms with Crippen LogP contribution in [0.25, 0.3) is 0 Å². The van der Waals surface area contributed by atoms with Crippen molar-refractivity contribution in [3.8, 4) is 0 Å². The first-order chi connectivity index (χ1) is 9.09. The Hall–Kier alpha value is -1.62. The summed E-state index contributed by atoms with van der Waals surface area (Å²) in [6, 6.07) is 9.59. The standard InChI is InChI=1S/C14H16BrN3O/c1-10(15)14(19)17-12(11-6-4-3-5-7-11)13-16-8-9-18(13)2/h3-10,12H,1-2H3,(H,17,19). The van der Waals surface area contributed by atoms with E-state index in [1.165, 1.54) is 0 Å². The van der Waals surface area contributed by atoms with Gasteiger partial charge in [0.15, 0.2) is 0 Å². The zero-order valence-corrected chi connectivity index (χ0v) is 12.5. The third-order valence-corrected chi connectivity index (χ3v) is 3.31. The van der Waals surface area contributed by atoms with Gasteiger partial charge in [-0.25, -0.2) is 4.98 Å². The Labute approximate surface area is 121 Å². The molecule has 1 aromatic heterocycles. The van der Waals surface area contributed by atoms with Crippen LogP contribution < -0.4 is 5.32 Å². The van der Waals surface area contributed by atoms with E-state index in [2.05, 4.69) is 26.2 Å². The molecule has 0 fully saturated rings. The SMILES string of the molecule is CC(Br)C(=O)NC(c1ccccc1)c1nccn1C. The second kappa shape index (κ2) is 6.02. The lowest BCUT2D eigenvalue weighted by Gasteiger charge is -2.19. The second-order valence-electron chi connectivity index (χ2n) is 4.36. The number of amides is 1. The highest BCUT2D eigenvalue weighted by Gasteiger charge is 2.21. The van der Waals surface area contributed by atoms with E-state index in [9.17, 15) is 4.79 Å². The lowest BCUT2D eigenvalue weighted by molar-refractivity contribution is -0.120. The van der Waals surface area contributed by atoms with E-state index in [4.69, 9.17) is 0 Å². The molecule has 5 heteroatoms. The topological polar surface area (TPSA) is 46.9 Å². The van der Waals surface area contributed by atoms with Gasteiger partial charge in [-0.1, -0.05) is 46.3 Å². The number of alkyl halides is 1. The Balaban J connectivity index is 2.35. The van der Waals surface area contributed by atoms with Crippen LogP contribution in [0.5, 0.6) is 0 Å². The number of carbonyl (C=O) groups is 1. The molecule has 19 heavy (non-hydrogen) atoms. The Morgan fingerprint density at radius 1 is 1.37 bits per heavy atom. The summed E-state index contributed by atoms with van der Waals surface area (Å²) >= 11 is 3.28. The van der Waals surface area contributed by atoms with Crippen LogP contribution in [0.4, 0.5) is 0 Å². The van der Waals surface area contributed by atoms with Crippen molar-refractivity contribution in [3.05, 3.63) is 54.1 Å². The molecule has 0 saturated carbocycles. The molecule has 100 valence electrons. The van der Waals surface area contributed by atoms with E-state index in [0.717, 1.165) is 11.4 Å². The lowest BCUT2D eigenvalue weighted by Crippen LogP contribution is -2.35. The molecule has 1 heterocycles. The third-order valence-electron chi connectivity index (χ3n) is 2.90. The number of halogens is 1. The van der Waals surface area contributed by atoms with Gasteiger partial charge in [-0.3, -0.25) is 4.79 Å². The highest BCUT2D eigenvalue weighted by molar-refractivity contribution is 9.10. The molecule has 2 aromatic rings. The maximum absolute atomic E-state index is 11.9. The maximum atomic E-state index is 11.9. The van der Waals surface area contributed by atoms with Gasteiger partial charge in [0, 0.05) is 19.4 Å². The summed E-state index contributed by atoms with van der Waals surface area (Å²) in [5, 5.41) is 3.01. The number of hydrogen-bond donors (Lipinski definition) is 1. The van der Waals surface area contributed by atoms with Crippen molar-refractivity contribution in [2.75, 3.05) is 0 Å². The fourth-order valence-electron chi connectivity index (χ4n) is 1.85. The Bertz CT molecular complexity index is 551. The van der Waals surface area contributed by atoms with E-state index in [0.29, 0.717) is 0 Å². The summed E-state index contributed by atoms with van der Waals surface area (Å²) in [4.78, 5) is 16.0. The lowest BCUT2D eigenvalue weighted by atomic mass is 10.1. The monoisotopic (exact) mass is 321 g/mol. The number of rotatable bonds is 4. The molecular weight excluding hydrogens is 306 g/mol. The fourth-order valence-corrected chi connectivity index (χ4v) is 1.99. The van der Waals surface area contributed by atoms with Gasteiger partial charge in [0.2, 0.25) is 5.91 Å². The zero-order valence-electron chi connectivity index (χ0n) is 10.9. The molecule has 0 aliphatic heterocycles. The number of hydrogen-bond acceptors (Lipinski definition) is 2. The Kier molecular flexibility index (Phi) is 4.37. The Morgan fingerprint density at radius 3 is 2.58 bits per heavy atom. The molecule has 1 aromatic carbocycles. The van der Waals surface area contributed by atoms with Crippen LogP contribution in [0.15, 0.2) is 42.7 Å². The van der Waals surface area contributed by atoms with Crippen LogP contribution in [0, 0.1) is 0 Å². The molecule has 2 rings (SSSR count). The van der Waals surface area contributed by atoms with Crippen molar-refractivity contribution in [2.45, 2.75) is 17.8 Å². The number of nitrogens with zero attached hydrogens (tertiary/aromatic N) is 2. The highest BCUT2D eigenvalue weighted by atomic mass is 79.9. The highest BCUT2D eigenvalue weighted by Crippen LogP contribution is 2.20. The summed E-state index contributed by atoms with van der Waals surface area (Å²) < 4.78 is 1.91. The first-order valence-corrected chi connectivity index (χ1v) is 6.97. The van der Waals surface area contributed by atoms with Gasteiger partial charge >= 0.3 is 0 Å². The number of carbonyl (C=O) groups excluding carboxylic acids is 1. The van der Waals surface area contributed by atoms with E-state index >= 15 is 0 Å². The summed E-state index contributed by atoms with van der Waals surface area (Å²) in [7, 11) is 1.92. The van der Waals surface area contributed by atoms with Gasteiger partial charge in [0.05, 0.1) is 4.83 Å². The van der Waals surface area contributed by atoms with Crippen LogP contribution in [-0.4, -0.2) is 20.3 Å². The van der Waals surface area contributed by atoms with Crippen LogP contribution in [0.1, 0.15) is 24.4 Å². The fraction of sp³-hybridized carbons (Fsp3) is 0.286. The van der Waals surface area contributed by atoms with Gasteiger partial charge in [-0.2, -0.15) is 0 Å². The zero-order chi connectivity index (χ0) is 13.8. The number of aromatic nitrogens is 2. The molecule has 0 aliphatic rings. The number of nitrogens with one attached hydrogen (secondary N) is 1. The van der Waals surface area contributed by atoms with Gasteiger partial charge in [-0.05, 0) is 12.5 Å². The van der Waals surface area contributed by atoms with E-state index in [1.54, 1.807) is 13.1 Å². The minimum Gasteiger partial charge on any atom is -0.341 e. The van der Waals surface area contributed by atoms with Crippen molar-refractivity contribution in [1.29, 1.82) is 0 Å². The van der Waals surface area contributed by atoms with Crippen molar-refractivity contribution in [1.82, 2.24) is 14.9 Å². The molecule has 2 atom stereocenters. The first-order valence-electron chi connectivity index (χ1n) is 6.06. The van der Waals surface area contributed by atoms with Crippen LogP contribution in [-0.2, 0) is 11.8 Å². The molecule has 0 bridgehead atoms. The minimum absolute atomic E-state index is 0.0585. The molecule has 0 radical (unpaired) electrons. The molecule has 4 nitrogen and oxygen atoms in total. The molecule has 0 saturated heterocycles. The van der Waals surface area contributed by atoms with Crippen molar-refractivity contribution < 1.29 is 4.79 Å². The van der Waals surface area contributed by atoms with Gasteiger partial charge < -0.3 is 9.88 Å². The van der Waals surface area contributed by atoms with E-state index < -0.39 is 0 Å².